The molecule has 0 aromatic heterocycles. The first-order chi connectivity index (χ1) is 5.34. The second kappa shape index (κ2) is 3.97. The fourth-order valence-electron chi connectivity index (χ4n) is 1.18. The van der Waals surface area contributed by atoms with Gasteiger partial charge in [0.15, 0.2) is 0 Å². The second-order valence-electron chi connectivity index (χ2n) is 2.72. The van der Waals surface area contributed by atoms with Crippen LogP contribution in [0.15, 0.2) is 48.1 Å². The van der Waals surface area contributed by atoms with Crippen molar-refractivity contribution in [2.24, 2.45) is 0 Å². The Morgan fingerprint density at radius 3 is 2.91 bits per heavy atom. The van der Waals surface area contributed by atoms with Crippen molar-refractivity contribution in [3.8, 4) is 0 Å². The zero-order valence-corrected chi connectivity index (χ0v) is 7.01. The maximum Gasteiger partial charge on any atom is -0.0270 e. The molecule has 0 nitrogen and oxygen atoms in total. The van der Waals surface area contributed by atoms with E-state index in [9.17, 15) is 0 Å². The summed E-state index contributed by atoms with van der Waals surface area (Å²) in [6.07, 6.45) is 12.9. The molecule has 0 amide bonds. The van der Waals surface area contributed by atoms with E-state index in [4.69, 9.17) is 0 Å². The molecule has 0 aliphatic heterocycles. The molecule has 1 aliphatic rings. The van der Waals surface area contributed by atoms with Crippen molar-refractivity contribution in [2.45, 2.75) is 19.8 Å². The van der Waals surface area contributed by atoms with E-state index in [1.54, 1.807) is 0 Å². The van der Waals surface area contributed by atoms with Crippen LogP contribution in [0, 0.1) is 0 Å². The van der Waals surface area contributed by atoms with Gasteiger partial charge in [-0.05, 0) is 30.9 Å². The Kier molecular flexibility index (Phi) is 2.91. The van der Waals surface area contributed by atoms with Crippen LogP contribution in [0.2, 0.25) is 0 Å². The molecular formula is C11H14. The first-order valence-corrected chi connectivity index (χ1v) is 4.01. The number of rotatable bonds is 2. The van der Waals surface area contributed by atoms with Crippen LogP contribution in [0.3, 0.4) is 0 Å². The Morgan fingerprint density at radius 1 is 1.55 bits per heavy atom. The average molecular weight is 146 g/mol. The molecule has 0 heteroatoms. The number of hydrogen-bond acceptors (Lipinski definition) is 0. The Bertz CT molecular complexity index is 226. The molecule has 0 saturated heterocycles. The van der Waals surface area contributed by atoms with Crippen LogP contribution in [-0.2, 0) is 0 Å². The van der Waals surface area contributed by atoms with Gasteiger partial charge in [-0.3, -0.25) is 0 Å². The summed E-state index contributed by atoms with van der Waals surface area (Å²) >= 11 is 0. The van der Waals surface area contributed by atoms with E-state index < -0.39 is 0 Å². The lowest BCUT2D eigenvalue weighted by atomic mass is 10.0. The third-order valence-corrected chi connectivity index (χ3v) is 1.82. The monoisotopic (exact) mass is 146 g/mol. The molecule has 0 N–H and O–H groups in total. The SMILES string of the molecule is C=C/C=C(\C)C1=CCCC=C1. The minimum absolute atomic E-state index is 1.17. The molecule has 0 radical (unpaired) electrons. The summed E-state index contributed by atoms with van der Waals surface area (Å²) in [4.78, 5) is 0. The summed E-state index contributed by atoms with van der Waals surface area (Å²) in [5.41, 5.74) is 2.65. The predicted octanol–water partition coefficient (Wildman–Crippen LogP) is 3.40. The molecule has 0 spiro atoms. The van der Waals surface area contributed by atoms with Gasteiger partial charge in [0.2, 0.25) is 0 Å². The van der Waals surface area contributed by atoms with Gasteiger partial charge in [-0.25, -0.2) is 0 Å². The summed E-state index contributed by atoms with van der Waals surface area (Å²) in [5, 5.41) is 0. The molecule has 0 atom stereocenters. The maximum atomic E-state index is 3.67. The Morgan fingerprint density at radius 2 is 2.36 bits per heavy atom. The lowest BCUT2D eigenvalue weighted by Crippen LogP contribution is -1.85. The Balaban J connectivity index is 2.74. The van der Waals surface area contributed by atoms with Crippen molar-refractivity contribution < 1.29 is 0 Å². The van der Waals surface area contributed by atoms with Gasteiger partial charge >= 0.3 is 0 Å². The molecule has 0 heterocycles. The molecule has 58 valence electrons. The van der Waals surface area contributed by atoms with Crippen molar-refractivity contribution in [3.05, 3.63) is 48.1 Å². The highest BCUT2D eigenvalue weighted by molar-refractivity contribution is 5.41. The van der Waals surface area contributed by atoms with Crippen LogP contribution in [0.4, 0.5) is 0 Å². The van der Waals surface area contributed by atoms with Crippen LogP contribution < -0.4 is 0 Å². The van der Waals surface area contributed by atoms with Crippen LogP contribution in [-0.4, -0.2) is 0 Å². The molecule has 1 rings (SSSR count). The molecule has 0 unspecified atom stereocenters. The molecule has 0 fully saturated rings. The first-order valence-electron chi connectivity index (χ1n) is 4.01. The first kappa shape index (κ1) is 8.06. The van der Waals surface area contributed by atoms with Crippen LogP contribution in [0.25, 0.3) is 0 Å². The van der Waals surface area contributed by atoms with Crippen molar-refractivity contribution in [1.29, 1.82) is 0 Å². The molecule has 0 aromatic rings. The fraction of sp³-hybridized carbons (Fsp3) is 0.273. The average Bonchev–Trinajstić information content (AvgIpc) is 2.07. The summed E-state index contributed by atoms with van der Waals surface area (Å²) in [6, 6.07) is 0. The molecule has 0 bridgehead atoms. The maximum absolute atomic E-state index is 3.67. The number of allylic oxidation sites excluding steroid dienone is 7. The molecular weight excluding hydrogens is 132 g/mol. The third kappa shape index (κ3) is 2.23. The number of hydrogen-bond donors (Lipinski definition) is 0. The lowest BCUT2D eigenvalue weighted by Gasteiger charge is -2.05. The van der Waals surface area contributed by atoms with Crippen molar-refractivity contribution >= 4 is 0 Å². The highest BCUT2D eigenvalue weighted by Crippen LogP contribution is 2.17. The topological polar surface area (TPSA) is 0 Å². The van der Waals surface area contributed by atoms with Crippen molar-refractivity contribution in [2.75, 3.05) is 0 Å². The third-order valence-electron chi connectivity index (χ3n) is 1.82. The fourth-order valence-corrected chi connectivity index (χ4v) is 1.18. The van der Waals surface area contributed by atoms with Gasteiger partial charge in [0.25, 0.3) is 0 Å². The molecule has 1 aliphatic carbocycles. The van der Waals surface area contributed by atoms with Gasteiger partial charge < -0.3 is 0 Å². The van der Waals surface area contributed by atoms with E-state index in [1.165, 1.54) is 24.0 Å². The van der Waals surface area contributed by atoms with Gasteiger partial charge in [0.05, 0.1) is 0 Å². The van der Waals surface area contributed by atoms with E-state index >= 15 is 0 Å². The zero-order valence-electron chi connectivity index (χ0n) is 7.01. The predicted molar refractivity (Wildman–Crippen MR) is 50.4 cm³/mol. The summed E-state index contributed by atoms with van der Waals surface area (Å²) in [6.45, 7) is 5.78. The van der Waals surface area contributed by atoms with E-state index in [0.717, 1.165) is 0 Å². The second-order valence-corrected chi connectivity index (χ2v) is 2.72. The van der Waals surface area contributed by atoms with Crippen LogP contribution >= 0.6 is 0 Å². The molecule has 0 aromatic carbocycles. The van der Waals surface area contributed by atoms with E-state index in [2.05, 4.69) is 31.7 Å². The summed E-state index contributed by atoms with van der Waals surface area (Å²) < 4.78 is 0. The van der Waals surface area contributed by atoms with Crippen LogP contribution in [0.5, 0.6) is 0 Å². The minimum atomic E-state index is 1.17. The van der Waals surface area contributed by atoms with Crippen molar-refractivity contribution in [3.63, 3.8) is 0 Å². The van der Waals surface area contributed by atoms with E-state index in [-0.39, 0.29) is 0 Å². The van der Waals surface area contributed by atoms with Crippen molar-refractivity contribution in [1.82, 2.24) is 0 Å². The Hall–Kier alpha value is -1.04. The smallest absolute Gasteiger partial charge is 0.0270 e. The normalized spacial score (nSPS) is 17.9. The zero-order chi connectivity index (χ0) is 8.10. The van der Waals surface area contributed by atoms with E-state index in [0.29, 0.717) is 0 Å². The van der Waals surface area contributed by atoms with Gasteiger partial charge in [-0.2, -0.15) is 0 Å². The lowest BCUT2D eigenvalue weighted by molar-refractivity contribution is 1.02. The van der Waals surface area contributed by atoms with E-state index in [1.807, 2.05) is 12.2 Å². The van der Waals surface area contributed by atoms with Gasteiger partial charge in [-0.15, -0.1) is 0 Å². The largest absolute Gasteiger partial charge is 0.0991 e. The summed E-state index contributed by atoms with van der Waals surface area (Å²) in [5.74, 6) is 0. The molecule has 0 saturated carbocycles. The quantitative estimate of drug-likeness (QED) is 0.524. The highest BCUT2D eigenvalue weighted by atomic mass is 14.0. The minimum Gasteiger partial charge on any atom is -0.0991 e. The van der Waals surface area contributed by atoms with Gasteiger partial charge in [-0.1, -0.05) is 37.0 Å². The molecule has 11 heavy (non-hydrogen) atoms. The highest BCUT2D eigenvalue weighted by Gasteiger charge is 1.97. The van der Waals surface area contributed by atoms with Gasteiger partial charge in [0, 0.05) is 0 Å². The van der Waals surface area contributed by atoms with Crippen LogP contribution in [0.1, 0.15) is 19.8 Å². The Labute approximate surface area is 68.6 Å². The summed E-state index contributed by atoms with van der Waals surface area (Å²) in [7, 11) is 0. The standard InChI is InChI=1S/C11H14/c1-3-7-10(2)11-8-5-4-6-9-11/h3,5,7-9H,1,4,6H2,2H3/b10-7+. The van der Waals surface area contributed by atoms with Gasteiger partial charge in [0.1, 0.15) is 0 Å².